The summed E-state index contributed by atoms with van der Waals surface area (Å²) in [6, 6.07) is 11.4. The molecule has 136 valence electrons. The number of benzene rings is 1. The quantitative estimate of drug-likeness (QED) is 0.851. The number of aromatic nitrogens is 1. The van der Waals surface area contributed by atoms with Crippen LogP contribution in [-0.4, -0.2) is 52.8 Å². The van der Waals surface area contributed by atoms with Crippen molar-refractivity contribution < 1.29 is 9.59 Å². The molecule has 0 atom stereocenters. The summed E-state index contributed by atoms with van der Waals surface area (Å²) >= 11 is 0. The number of hydrogen-bond acceptors (Lipinski definition) is 3. The summed E-state index contributed by atoms with van der Waals surface area (Å²) in [4.78, 5) is 33.0. The number of rotatable bonds is 4. The second kappa shape index (κ2) is 8.61. The molecule has 26 heavy (non-hydrogen) atoms. The molecule has 5 nitrogen and oxygen atoms in total. The number of pyridine rings is 1. The molecule has 5 heteroatoms. The molecule has 1 fully saturated rings. The maximum Gasteiger partial charge on any atom is 0.255 e. The van der Waals surface area contributed by atoms with E-state index in [1.54, 1.807) is 24.5 Å². The van der Waals surface area contributed by atoms with Crippen LogP contribution in [0.5, 0.6) is 0 Å². The Morgan fingerprint density at radius 3 is 2.15 bits per heavy atom. The highest BCUT2D eigenvalue weighted by atomic mass is 16.2. The second-order valence-electron chi connectivity index (χ2n) is 6.63. The highest BCUT2D eigenvalue weighted by Crippen LogP contribution is 2.13. The molecule has 2 amide bonds. The minimum Gasteiger partial charge on any atom is -0.337 e. The van der Waals surface area contributed by atoms with E-state index in [9.17, 15) is 9.59 Å². The minimum absolute atomic E-state index is 0.0173. The lowest BCUT2D eigenvalue weighted by Gasteiger charge is -2.22. The van der Waals surface area contributed by atoms with E-state index in [4.69, 9.17) is 0 Å². The highest BCUT2D eigenvalue weighted by molar-refractivity contribution is 5.95. The van der Waals surface area contributed by atoms with Crippen molar-refractivity contribution in [3.05, 3.63) is 65.5 Å². The number of carbonyl (C=O) groups is 2. The monoisotopic (exact) mass is 351 g/mol. The van der Waals surface area contributed by atoms with Crippen molar-refractivity contribution in [1.29, 1.82) is 0 Å². The van der Waals surface area contributed by atoms with Crippen molar-refractivity contribution in [2.24, 2.45) is 0 Å². The lowest BCUT2D eigenvalue weighted by molar-refractivity contribution is 0.0718. The first kappa shape index (κ1) is 18.1. The van der Waals surface area contributed by atoms with E-state index < -0.39 is 0 Å². The molecular formula is C21H25N3O2. The van der Waals surface area contributed by atoms with Gasteiger partial charge in [0.1, 0.15) is 0 Å². The van der Waals surface area contributed by atoms with Crippen molar-refractivity contribution in [3.8, 4) is 0 Å². The van der Waals surface area contributed by atoms with E-state index in [0.29, 0.717) is 31.7 Å². The predicted molar refractivity (Wildman–Crippen MR) is 101 cm³/mol. The van der Waals surface area contributed by atoms with Gasteiger partial charge in [-0.05, 0) is 42.7 Å². The summed E-state index contributed by atoms with van der Waals surface area (Å²) in [5, 5.41) is 0. The maximum absolute atomic E-state index is 12.8. The van der Waals surface area contributed by atoms with Crippen LogP contribution in [0.1, 0.15) is 46.0 Å². The average Bonchev–Trinajstić information content (AvgIpc) is 2.95. The van der Waals surface area contributed by atoms with Crippen molar-refractivity contribution in [3.63, 3.8) is 0 Å². The van der Waals surface area contributed by atoms with E-state index in [1.807, 2.05) is 34.1 Å². The van der Waals surface area contributed by atoms with Crippen LogP contribution in [0.25, 0.3) is 0 Å². The molecule has 1 aliphatic heterocycles. The van der Waals surface area contributed by atoms with Crippen LogP contribution in [0.2, 0.25) is 0 Å². The Balaban J connectivity index is 1.62. The highest BCUT2D eigenvalue weighted by Gasteiger charge is 2.23. The first-order chi connectivity index (χ1) is 12.7. The van der Waals surface area contributed by atoms with Crippen LogP contribution in [0.4, 0.5) is 0 Å². The van der Waals surface area contributed by atoms with Crippen LogP contribution >= 0.6 is 0 Å². The van der Waals surface area contributed by atoms with E-state index in [1.165, 1.54) is 5.56 Å². The summed E-state index contributed by atoms with van der Waals surface area (Å²) in [7, 11) is 0. The standard InChI is InChI=1S/C21H25N3O2/c1-2-5-17-7-9-18(10-8-17)20(25)23-12-4-13-24(15-14-23)21(26)19-6-3-11-22-16-19/h3,6-11,16H,2,4-5,12-15H2,1H3. The summed E-state index contributed by atoms with van der Waals surface area (Å²) < 4.78 is 0. The van der Waals surface area contributed by atoms with E-state index in [2.05, 4.69) is 11.9 Å². The van der Waals surface area contributed by atoms with E-state index in [0.717, 1.165) is 24.8 Å². The van der Waals surface area contributed by atoms with Gasteiger partial charge in [-0.2, -0.15) is 0 Å². The van der Waals surface area contributed by atoms with Crippen LogP contribution < -0.4 is 0 Å². The van der Waals surface area contributed by atoms with Gasteiger partial charge in [0, 0.05) is 44.1 Å². The van der Waals surface area contributed by atoms with Gasteiger partial charge in [-0.15, -0.1) is 0 Å². The number of amides is 2. The lowest BCUT2D eigenvalue weighted by Crippen LogP contribution is -2.37. The van der Waals surface area contributed by atoms with Gasteiger partial charge >= 0.3 is 0 Å². The van der Waals surface area contributed by atoms with Crippen molar-refractivity contribution in [2.75, 3.05) is 26.2 Å². The molecule has 0 N–H and O–H groups in total. The molecule has 2 heterocycles. The topological polar surface area (TPSA) is 53.5 Å². The van der Waals surface area contributed by atoms with Crippen molar-refractivity contribution in [2.45, 2.75) is 26.2 Å². The number of nitrogens with zero attached hydrogens (tertiary/aromatic N) is 3. The Kier molecular flexibility index (Phi) is 6.00. The molecule has 3 rings (SSSR count). The molecule has 0 radical (unpaired) electrons. The predicted octanol–water partition coefficient (Wildman–Crippen LogP) is 3.02. The van der Waals surface area contributed by atoms with Crippen molar-refractivity contribution >= 4 is 11.8 Å². The molecule has 1 aromatic carbocycles. The van der Waals surface area contributed by atoms with Gasteiger partial charge in [0.2, 0.25) is 0 Å². The molecule has 2 aromatic rings. The summed E-state index contributed by atoms with van der Waals surface area (Å²) in [5.74, 6) is 0.0278. The third-order valence-corrected chi connectivity index (χ3v) is 4.72. The Bertz CT molecular complexity index is 744. The number of hydrogen-bond donors (Lipinski definition) is 0. The second-order valence-corrected chi connectivity index (χ2v) is 6.63. The molecule has 1 aromatic heterocycles. The first-order valence-electron chi connectivity index (χ1n) is 9.26. The van der Waals surface area contributed by atoms with Gasteiger partial charge in [-0.25, -0.2) is 0 Å². The van der Waals surface area contributed by atoms with Crippen LogP contribution in [0, 0.1) is 0 Å². The fraction of sp³-hybridized carbons (Fsp3) is 0.381. The molecule has 0 unspecified atom stereocenters. The van der Waals surface area contributed by atoms with Gasteiger partial charge in [0.15, 0.2) is 0 Å². The third-order valence-electron chi connectivity index (χ3n) is 4.72. The summed E-state index contributed by atoms with van der Waals surface area (Å²) in [6.07, 6.45) is 6.16. The van der Waals surface area contributed by atoms with Gasteiger partial charge in [0.25, 0.3) is 11.8 Å². The fourth-order valence-corrected chi connectivity index (χ4v) is 3.28. The van der Waals surface area contributed by atoms with Gasteiger partial charge in [-0.3, -0.25) is 14.6 Å². The Morgan fingerprint density at radius 2 is 1.58 bits per heavy atom. The molecule has 1 saturated heterocycles. The third kappa shape index (κ3) is 4.28. The van der Waals surface area contributed by atoms with Crippen LogP contribution in [-0.2, 0) is 6.42 Å². The summed E-state index contributed by atoms with van der Waals surface area (Å²) in [5.41, 5.74) is 2.57. The molecular weight excluding hydrogens is 326 g/mol. The molecule has 1 aliphatic rings. The normalized spacial score (nSPS) is 14.8. The van der Waals surface area contributed by atoms with E-state index in [-0.39, 0.29) is 11.8 Å². The lowest BCUT2D eigenvalue weighted by atomic mass is 10.1. The number of carbonyl (C=O) groups excluding carboxylic acids is 2. The van der Waals surface area contributed by atoms with Crippen LogP contribution in [0.15, 0.2) is 48.8 Å². The van der Waals surface area contributed by atoms with Crippen LogP contribution in [0.3, 0.4) is 0 Å². The zero-order valence-corrected chi connectivity index (χ0v) is 15.2. The Morgan fingerprint density at radius 1 is 0.923 bits per heavy atom. The minimum atomic E-state index is -0.0173. The van der Waals surface area contributed by atoms with E-state index >= 15 is 0 Å². The molecule has 0 bridgehead atoms. The SMILES string of the molecule is CCCc1ccc(C(=O)N2CCCN(C(=O)c3cccnc3)CC2)cc1. The van der Waals surface area contributed by atoms with Gasteiger partial charge in [-0.1, -0.05) is 25.5 Å². The molecule has 0 spiro atoms. The van der Waals surface area contributed by atoms with Gasteiger partial charge < -0.3 is 9.80 Å². The first-order valence-corrected chi connectivity index (χ1v) is 9.26. The zero-order valence-electron chi connectivity index (χ0n) is 15.2. The maximum atomic E-state index is 12.8. The van der Waals surface area contributed by atoms with Gasteiger partial charge in [0.05, 0.1) is 5.56 Å². The fourth-order valence-electron chi connectivity index (χ4n) is 3.28. The molecule has 0 saturated carbocycles. The number of aryl methyl sites for hydroxylation is 1. The summed E-state index contributed by atoms with van der Waals surface area (Å²) in [6.45, 7) is 4.59. The van der Waals surface area contributed by atoms with Crippen molar-refractivity contribution in [1.82, 2.24) is 14.8 Å². The largest absolute Gasteiger partial charge is 0.337 e. The Hall–Kier alpha value is -2.69. The Labute approximate surface area is 154 Å². The zero-order chi connectivity index (χ0) is 18.4. The molecule has 0 aliphatic carbocycles. The average molecular weight is 351 g/mol. The smallest absolute Gasteiger partial charge is 0.255 e.